The van der Waals surface area contributed by atoms with E-state index in [0.717, 1.165) is 17.1 Å². The Morgan fingerprint density at radius 2 is 1.50 bits per heavy atom. The summed E-state index contributed by atoms with van der Waals surface area (Å²) >= 11 is 0. The third-order valence-corrected chi connectivity index (χ3v) is 2.76. The Balaban J connectivity index is 2.09. The Hall–Kier alpha value is -1.84. The van der Waals surface area contributed by atoms with Crippen LogP contribution in [0.3, 0.4) is 0 Å². The number of rotatable bonds is 4. The van der Waals surface area contributed by atoms with Crippen LogP contribution in [0, 0.1) is 0 Å². The average molecular weight is 243 g/mol. The minimum atomic E-state index is -0.564. The van der Waals surface area contributed by atoms with Gasteiger partial charge < -0.3 is 15.6 Å². The van der Waals surface area contributed by atoms with Crippen molar-refractivity contribution < 1.29 is 9.84 Å². The van der Waals surface area contributed by atoms with Crippen molar-refractivity contribution in [3.05, 3.63) is 60.2 Å². The van der Waals surface area contributed by atoms with Crippen molar-refractivity contribution >= 4 is 0 Å². The highest BCUT2D eigenvalue weighted by Gasteiger charge is 2.11. The molecule has 0 bridgehead atoms. The van der Waals surface area contributed by atoms with E-state index in [2.05, 4.69) is 0 Å². The molecular weight excluding hydrogens is 226 g/mol. The summed E-state index contributed by atoms with van der Waals surface area (Å²) in [7, 11) is 0. The number of benzene rings is 2. The monoisotopic (exact) mass is 243 g/mol. The summed E-state index contributed by atoms with van der Waals surface area (Å²) in [5.74, 6) is 1.55. The molecule has 3 N–H and O–H groups in total. The highest BCUT2D eigenvalue weighted by molar-refractivity contribution is 5.34. The van der Waals surface area contributed by atoms with Crippen molar-refractivity contribution in [1.82, 2.24) is 0 Å². The summed E-state index contributed by atoms with van der Waals surface area (Å²) in [4.78, 5) is 0. The van der Waals surface area contributed by atoms with E-state index in [9.17, 15) is 5.11 Å². The predicted octanol–water partition coefficient (Wildman–Crippen LogP) is 2.86. The molecule has 0 radical (unpaired) electrons. The summed E-state index contributed by atoms with van der Waals surface area (Å²) in [6, 6.07) is 16.7. The Bertz CT molecular complexity index is 480. The molecule has 0 aliphatic carbocycles. The van der Waals surface area contributed by atoms with Crippen molar-refractivity contribution in [2.75, 3.05) is 0 Å². The van der Waals surface area contributed by atoms with Crippen molar-refractivity contribution in [2.24, 2.45) is 5.73 Å². The number of aliphatic hydroxyl groups excluding tert-OH is 1. The normalized spacial score (nSPS) is 13.9. The van der Waals surface area contributed by atoms with Gasteiger partial charge in [0.15, 0.2) is 0 Å². The highest BCUT2D eigenvalue weighted by atomic mass is 16.5. The minimum Gasteiger partial charge on any atom is -0.457 e. The van der Waals surface area contributed by atoms with E-state index in [0.29, 0.717) is 0 Å². The van der Waals surface area contributed by atoms with Gasteiger partial charge in [-0.25, -0.2) is 0 Å². The molecule has 2 atom stereocenters. The van der Waals surface area contributed by atoms with E-state index in [1.807, 2.05) is 54.6 Å². The Kier molecular flexibility index (Phi) is 3.97. The topological polar surface area (TPSA) is 55.5 Å². The lowest BCUT2D eigenvalue weighted by Crippen LogP contribution is -2.22. The van der Waals surface area contributed by atoms with Crippen LogP contribution in [0.15, 0.2) is 54.6 Å². The van der Waals surface area contributed by atoms with Crippen LogP contribution in [0.5, 0.6) is 11.5 Å². The molecule has 0 saturated heterocycles. The molecular formula is C15H17NO2. The standard InChI is InChI=1S/C15H17NO2/c1-11(17)15(16)12-7-9-14(10-8-12)18-13-5-3-2-4-6-13/h2-11,15,17H,16H2,1H3/t11-,15-/m0/s1. The first kappa shape index (κ1) is 12.6. The van der Waals surface area contributed by atoms with Crippen LogP contribution in [0.2, 0.25) is 0 Å². The Labute approximate surface area is 107 Å². The van der Waals surface area contributed by atoms with Gasteiger partial charge in [0, 0.05) is 0 Å². The molecule has 0 amide bonds. The smallest absolute Gasteiger partial charge is 0.127 e. The molecule has 0 unspecified atom stereocenters. The Morgan fingerprint density at radius 1 is 0.944 bits per heavy atom. The van der Waals surface area contributed by atoms with Gasteiger partial charge in [-0.1, -0.05) is 30.3 Å². The van der Waals surface area contributed by atoms with Crippen molar-refractivity contribution in [3.8, 4) is 11.5 Å². The summed E-state index contributed by atoms with van der Waals surface area (Å²) in [6.07, 6.45) is -0.564. The molecule has 0 aliphatic heterocycles. The van der Waals surface area contributed by atoms with Crippen LogP contribution in [-0.4, -0.2) is 11.2 Å². The average Bonchev–Trinajstić information content (AvgIpc) is 2.40. The van der Waals surface area contributed by atoms with E-state index in [-0.39, 0.29) is 6.04 Å². The molecule has 0 aromatic heterocycles. The van der Waals surface area contributed by atoms with Gasteiger partial charge in [-0.2, -0.15) is 0 Å². The van der Waals surface area contributed by atoms with Gasteiger partial charge in [0.25, 0.3) is 0 Å². The molecule has 2 aromatic rings. The largest absolute Gasteiger partial charge is 0.457 e. The van der Waals surface area contributed by atoms with Crippen molar-refractivity contribution in [3.63, 3.8) is 0 Å². The summed E-state index contributed by atoms with van der Waals surface area (Å²) in [5.41, 5.74) is 6.74. The first-order valence-corrected chi connectivity index (χ1v) is 5.93. The maximum absolute atomic E-state index is 9.42. The molecule has 3 nitrogen and oxygen atoms in total. The lowest BCUT2D eigenvalue weighted by atomic mass is 10.0. The van der Waals surface area contributed by atoms with E-state index in [1.54, 1.807) is 6.92 Å². The van der Waals surface area contributed by atoms with Gasteiger partial charge in [0.05, 0.1) is 12.1 Å². The second kappa shape index (κ2) is 5.67. The third kappa shape index (κ3) is 3.09. The van der Waals surface area contributed by atoms with Gasteiger partial charge in [0.1, 0.15) is 11.5 Å². The quantitative estimate of drug-likeness (QED) is 0.868. The molecule has 94 valence electrons. The van der Waals surface area contributed by atoms with Crippen molar-refractivity contribution in [2.45, 2.75) is 19.1 Å². The van der Waals surface area contributed by atoms with Gasteiger partial charge >= 0.3 is 0 Å². The molecule has 0 spiro atoms. The van der Waals surface area contributed by atoms with Gasteiger partial charge in [0.2, 0.25) is 0 Å². The molecule has 2 aromatic carbocycles. The van der Waals surface area contributed by atoms with Gasteiger partial charge in [-0.3, -0.25) is 0 Å². The predicted molar refractivity (Wildman–Crippen MR) is 71.6 cm³/mol. The number of hydrogen-bond acceptors (Lipinski definition) is 3. The summed E-state index contributed by atoms with van der Waals surface area (Å²) < 4.78 is 5.67. The maximum atomic E-state index is 9.42. The number of nitrogens with two attached hydrogens (primary N) is 1. The highest BCUT2D eigenvalue weighted by Crippen LogP contribution is 2.23. The van der Waals surface area contributed by atoms with E-state index >= 15 is 0 Å². The summed E-state index contributed by atoms with van der Waals surface area (Å²) in [6.45, 7) is 1.68. The number of para-hydroxylation sites is 1. The fourth-order valence-corrected chi connectivity index (χ4v) is 1.66. The molecule has 18 heavy (non-hydrogen) atoms. The second-order valence-corrected chi connectivity index (χ2v) is 4.25. The van der Waals surface area contributed by atoms with Gasteiger partial charge in [-0.15, -0.1) is 0 Å². The zero-order valence-electron chi connectivity index (χ0n) is 10.3. The van der Waals surface area contributed by atoms with Crippen molar-refractivity contribution in [1.29, 1.82) is 0 Å². The molecule has 3 heteroatoms. The maximum Gasteiger partial charge on any atom is 0.127 e. The Morgan fingerprint density at radius 3 is 2.06 bits per heavy atom. The minimum absolute atomic E-state index is 0.365. The number of ether oxygens (including phenoxy) is 1. The van der Waals surface area contributed by atoms with E-state index in [4.69, 9.17) is 10.5 Å². The van der Waals surface area contributed by atoms with E-state index < -0.39 is 6.10 Å². The first-order valence-electron chi connectivity index (χ1n) is 5.93. The fraction of sp³-hybridized carbons (Fsp3) is 0.200. The fourth-order valence-electron chi connectivity index (χ4n) is 1.66. The number of hydrogen-bond donors (Lipinski definition) is 2. The van der Waals surface area contributed by atoms with Crippen LogP contribution < -0.4 is 10.5 Å². The van der Waals surface area contributed by atoms with Crippen LogP contribution in [0.4, 0.5) is 0 Å². The lowest BCUT2D eigenvalue weighted by Gasteiger charge is -2.15. The van der Waals surface area contributed by atoms with Crippen LogP contribution >= 0.6 is 0 Å². The zero-order valence-corrected chi connectivity index (χ0v) is 10.3. The van der Waals surface area contributed by atoms with Crippen LogP contribution in [-0.2, 0) is 0 Å². The second-order valence-electron chi connectivity index (χ2n) is 4.25. The van der Waals surface area contributed by atoms with Crippen LogP contribution in [0.1, 0.15) is 18.5 Å². The molecule has 0 fully saturated rings. The SMILES string of the molecule is C[C@H](O)[C@H](N)c1ccc(Oc2ccccc2)cc1. The summed E-state index contributed by atoms with van der Waals surface area (Å²) in [5, 5.41) is 9.42. The van der Waals surface area contributed by atoms with E-state index in [1.165, 1.54) is 0 Å². The molecule has 0 aliphatic rings. The zero-order chi connectivity index (χ0) is 13.0. The molecule has 0 saturated carbocycles. The van der Waals surface area contributed by atoms with Gasteiger partial charge in [-0.05, 0) is 36.8 Å². The third-order valence-electron chi connectivity index (χ3n) is 2.76. The molecule has 2 rings (SSSR count). The van der Waals surface area contributed by atoms with Crippen LogP contribution in [0.25, 0.3) is 0 Å². The number of aliphatic hydroxyl groups is 1. The first-order chi connectivity index (χ1) is 8.66. The lowest BCUT2D eigenvalue weighted by molar-refractivity contribution is 0.164. The molecule has 0 heterocycles.